The molecular formula is C22H44N4O2. The normalized spacial score (nSPS) is 10.6. The molecule has 28 heavy (non-hydrogen) atoms. The summed E-state index contributed by atoms with van der Waals surface area (Å²) >= 11 is 0. The molecule has 0 bridgehead atoms. The van der Waals surface area contributed by atoms with Crippen LogP contribution in [0, 0.1) is 0 Å². The highest BCUT2D eigenvalue weighted by atomic mass is 16.5. The van der Waals surface area contributed by atoms with Gasteiger partial charge >= 0.3 is 0 Å². The fourth-order valence-electron chi connectivity index (χ4n) is 3.26. The number of rotatable bonds is 22. The molecule has 0 saturated carbocycles. The number of azide groups is 1. The van der Waals surface area contributed by atoms with Crippen molar-refractivity contribution in [2.45, 2.75) is 110 Å². The smallest absolute Gasteiger partial charge is 0.220 e. The molecular weight excluding hydrogens is 352 g/mol. The average molecular weight is 397 g/mol. The van der Waals surface area contributed by atoms with Crippen molar-refractivity contribution in [3.63, 3.8) is 0 Å². The molecule has 0 radical (unpaired) electrons. The van der Waals surface area contributed by atoms with E-state index in [1.807, 2.05) is 0 Å². The zero-order valence-electron chi connectivity index (χ0n) is 18.3. The third-order valence-corrected chi connectivity index (χ3v) is 4.97. The lowest BCUT2D eigenvalue weighted by Crippen LogP contribution is -2.27. The number of amides is 1. The van der Waals surface area contributed by atoms with Crippen LogP contribution in [-0.4, -0.2) is 32.2 Å². The summed E-state index contributed by atoms with van der Waals surface area (Å²) in [6.07, 6.45) is 20.7. The highest BCUT2D eigenvalue weighted by Gasteiger charge is 2.00. The van der Waals surface area contributed by atoms with Crippen molar-refractivity contribution < 1.29 is 9.53 Å². The van der Waals surface area contributed by atoms with Gasteiger partial charge in [-0.2, -0.15) is 0 Å². The second kappa shape index (κ2) is 23.8. The van der Waals surface area contributed by atoms with E-state index in [2.05, 4.69) is 22.3 Å². The lowest BCUT2D eigenvalue weighted by atomic mass is 10.0. The maximum atomic E-state index is 11.7. The summed E-state index contributed by atoms with van der Waals surface area (Å²) in [4.78, 5) is 14.3. The first-order valence-corrected chi connectivity index (χ1v) is 11.7. The first-order valence-electron chi connectivity index (χ1n) is 11.7. The standard InChI is InChI=1S/C22H44N4O2/c1-2-3-4-5-6-7-8-9-10-11-12-13-14-15-16-17-22(27)24-18-20-28-21-19-25-26-23/h2-21H2,1H3,(H,24,27). The molecule has 0 fully saturated rings. The van der Waals surface area contributed by atoms with E-state index in [4.69, 9.17) is 10.3 Å². The Morgan fingerprint density at radius 1 is 0.821 bits per heavy atom. The Bertz CT molecular complexity index is 385. The molecule has 164 valence electrons. The molecule has 1 amide bonds. The predicted molar refractivity (Wildman–Crippen MR) is 117 cm³/mol. The van der Waals surface area contributed by atoms with Crippen molar-refractivity contribution in [2.75, 3.05) is 26.3 Å². The molecule has 0 aromatic rings. The Morgan fingerprint density at radius 2 is 1.32 bits per heavy atom. The summed E-state index contributed by atoms with van der Waals surface area (Å²) in [6.45, 7) is 4.00. The minimum atomic E-state index is 0.105. The van der Waals surface area contributed by atoms with E-state index in [1.165, 1.54) is 83.5 Å². The third-order valence-electron chi connectivity index (χ3n) is 4.97. The van der Waals surface area contributed by atoms with Gasteiger partial charge in [0, 0.05) is 24.4 Å². The largest absolute Gasteiger partial charge is 0.379 e. The minimum absolute atomic E-state index is 0.105. The lowest BCUT2D eigenvalue weighted by molar-refractivity contribution is -0.121. The van der Waals surface area contributed by atoms with Gasteiger partial charge in [-0.1, -0.05) is 102 Å². The topological polar surface area (TPSA) is 87.1 Å². The van der Waals surface area contributed by atoms with Crippen molar-refractivity contribution in [2.24, 2.45) is 5.11 Å². The van der Waals surface area contributed by atoms with Crippen LogP contribution in [-0.2, 0) is 9.53 Å². The van der Waals surface area contributed by atoms with E-state index in [1.54, 1.807) is 0 Å². The highest BCUT2D eigenvalue weighted by Crippen LogP contribution is 2.13. The van der Waals surface area contributed by atoms with Crippen LogP contribution in [0.5, 0.6) is 0 Å². The summed E-state index contributed by atoms with van der Waals surface area (Å²) < 4.78 is 5.24. The van der Waals surface area contributed by atoms with Gasteiger partial charge < -0.3 is 10.1 Å². The van der Waals surface area contributed by atoms with E-state index >= 15 is 0 Å². The van der Waals surface area contributed by atoms with Crippen molar-refractivity contribution in [3.8, 4) is 0 Å². The SMILES string of the molecule is CCCCCCCCCCCCCCCCCC(=O)NCCOCCN=[N+]=[N-]. The van der Waals surface area contributed by atoms with Crippen LogP contribution in [0.15, 0.2) is 5.11 Å². The highest BCUT2D eigenvalue weighted by molar-refractivity contribution is 5.75. The molecule has 0 atom stereocenters. The second-order valence-electron chi connectivity index (χ2n) is 7.62. The molecule has 0 aliphatic carbocycles. The van der Waals surface area contributed by atoms with Gasteiger partial charge in [-0.25, -0.2) is 0 Å². The zero-order chi connectivity index (χ0) is 20.5. The van der Waals surface area contributed by atoms with E-state index in [0.717, 1.165) is 12.8 Å². The van der Waals surface area contributed by atoms with Gasteiger partial charge in [0.1, 0.15) is 0 Å². The van der Waals surface area contributed by atoms with Crippen molar-refractivity contribution >= 4 is 5.91 Å². The number of carbonyl (C=O) groups excluding carboxylic acids is 1. The molecule has 0 saturated heterocycles. The zero-order valence-corrected chi connectivity index (χ0v) is 18.3. The molecule has 0 aromatic heterocycles. The number of carbonyl (C=O) groups is 1. The molecule has 0 aliphatic rings. The summed E-state index contributed by atoms with van der Waals surface area (Å²) in [5.41, 5.74) is 8.12. The maximum Gasteiger partial charge on any atom is 0.220 e. The van der Waals surface area contributed by atoms with Crippen LogP contribution < -0.4 is 5.32 Å². The lowest BCUT2D eigenvalue weighted by Gasteiger charge is -2.06. The number of hydrogen-bond acceptors (Lipinski definition) is 3. The quantitative estimate of drug-likeness (QED) is 0.0956. The minimum Gasteiger partial charge on any atom is -0.379 e. The van der Waals surface area contributed by atoms with Gasteiger partial charge in [-0.3, -0.25) is 4.79 Å². The van der Waals surface area contributed by atoms with E-state index < -0.39 is 0 Å². The Morgan fingerprint density at radius 3 is 1.82 bits per heavy atom. The number of ether oxygens (including phenoxy) is 1. The van der Waals surface area contributed by atoms with Crippen molar-refractivity contribution in [1.29, 1.82) is 0 Å². The van der Waals surface area contributed by atoms with Gasteiger partial charge in [0.25, 0.3) is 0 Å². The molecule has 0 spiro atoms. The van der Waals surface area contributed by atoms with Gasteiger partial charge in [0.15, 0.2) is 0 Å². The molecule has 0 rings (SSSR count). The summed E-state index contributed by atoms with van der Waals surface area (Å²) in [7, 11) is 0. The molecule has 6 heteroatoms. The monoisotopic (exact) mass is 396 g/mol. The molecule has 6 nitrogen and oxygen atoms in total. The first kappa shape index (κ1) is 26.7. The van der Waals surface area contributed by atoms with Crippen LogP contribution in [0.2, 0.25) is 0 Å². The Balaban J connectivity index is 3.14. The molecule has 0 aliphatic heterocycles. The van der Waals surface area contributed by atoms with Crippen molar-refractivity contribution in [3.05, 3.63) is 10.4 Å². The summed E-state index contributed by atoms with van der Waals surface area (Å²) in [6, 6.07) is 0. The first-order chi connectivity index (χ1) is 13.8. The van der Waals surface area contributed by atoms with Crippen LogP contribution in [0.1, 0.15) is 110 Å². The summed E-state index contributed by atoms with van der Waals surface area (Å²) in [5.74, 6) is 0.105. The Labute approximate surface area is 172 Å². The number of unbranched alkanes of at least 4 members (excludes halogenated alkanes) is 14. The van der Waals surface area contributed by atoms with Gasteiger partial charge in [-0.05, 0) is 12.0 Å². The average Bonchev–Trinajstić information content (AvgIpc) is 2.70. The fourth-order valence-corrected chi connectivity index (χ4v) is 3.26. The van der Waals surface area contributed by atoms with E-state index in [9.17, 15) is 4.79 Å². The Kier molecular flexibility index (Phi) is 22.7. The third kappa shape index (κ3) is 22.8. The van der Waals surface area contributed by atoms with Gasteiger partial charge in [-0.15, -0.1) is 0 Å². The predicted octanol–water partition coefficient (Wildman–Crippen LogP) is 6.69. The molecule has 0 heterocycles. The molecule has 0 aromatic carbocycles. The molecule has 0 unspecified atom stereocenters. The number of nitrogens with one attached hydrogen (secondary N) is 1. The molecule has 1 N–H and O–H groups in total. The van der Waals surface area contributed by atoms with Crippen LogP contribution in [0.3, 0.4) is 0 Å². The Hall–Kier alpha value is -1.26. The van der Waals surface area contributed by atoms with Gasteiger partial charge in [0.2, 0.25) is 5.91 Å². The van der Waals surface area contributed by atoms with Gasteiger partial charge in [0.05, 0.1) is 13.2 Å². The summed E-state index contributed by atoms with van der Waals surface area (Å²) in [5, 5.41) is 6.23. The maximum absolute atomic E-state index is 11.7. The second-order valence-corrected chi connectivity index (χ2v) is 7.62. The van der Waals surface area contributed by atoms with Crippen LogP contribution in [0.4, 0.5) is 0 Å². The number of hydrogen-bond donors (Lipinski definition) is 1. The van der Waals surface area contributed by atoms with E-state index in [0.29, 0.717) is 32.7 Å². The number of nitrogens with zero attached hydrogens (tertiary/aromatic N) is 3. The van der Waals surface area contributed by atoms with E-state index in [-0.39, 0.29) is 5.91 Å². The van der Waals surface area contributed by atoms with Crippen LogP contribution >= 0.6 is 0 Å². The van der Waals surface area contributed by atoms with Crippen LogP contribution in [0.25, 0.3) is 10.4 Å². The van der Waals surface area contributed by atoms with Crippen molar-refractivity contribution in [1.82, 2.24) is 5.32 Å². The fraction of sp³-hybridized carbons (Fsp3) is 0.955.